The number of fused-ring (bicyclic) bond motifs is 1. The molecule has 0 saturated carbocycles. The molecule has 0 N–H and O–H groups in total. The second-order valence-corrected chi connectivity index (χ2v) is 9.74. The van der Waals surface area contributed by atoms with Gasteiger partial charge < -0.3 is 4.42 Å². The van der Waals surface area contributed by atoms with Crippen LogP contribution < -0.4 is 0 Å². The van der Waals surface area contributed by atoms with Gasteiger partial charge in [0.1, 0.15) is 11.3 Å². The molecule has 0 fully saturated rings. The fourth-order valence-corrected chi connectivity index (χ4v) is 5.86. The molecule has 0 atom stereocenters. The van der Waals surface area contributed by atoms with Crippen LogP contribution in [0.4, 0.5) is 0 Å². The Morgan fingerprint density at radius 3 is 1.57 bits per heavy atom. The molecule has 8 rings (SSSR count). The molecule has 0 unspecified atom stereocenters. The van der Waals surface area contributed by atoms with E-state index in [1.165, 1.54) is 54.6 Å². The van der Waals surface area contributed by atoms with Gasteiger partial charge in [0, 0.05) is 10.9 Å². The van der Waals surface area contributed by atoms with Crippen molar-refractivity contribution in [2.45, 2.75) is 0 Å². The minimum absolute atomic E-state index is 0.900. The second-order valence-electron chi connectivity index (χ2n) is 9.74. The van der Waals surface area contributed by atoms with Crippen LogP contribution in [0.5, 0.6) is 0 Å². The zero-order valence-corrected chi connectivity index (χ0v) is 20.1. The molecule has 172 valence electrons. The first-order valence-corrected chi connectivity index (χ1v) is 12.7. The Balaban J connectivity index is 1.30. The number of hydrogen-bond acceptors (Lipinski definition) is 1. The number of para-hydroxylation sites is 1. The van der Waals surface area contributed by atoms with E-state index < -0.39 is 0 Å². The van der Waals surface area contributed by atoms with Crippen molar-refractivity contribution in [2.75, 3.05) is 0 Å². The lowest BCUT2D eigenvalue weighted by Gasteiger charge is -2.16. The van der Waals surface area contributed by atoms with E-state index in [9.17, 15) is 0 Å². The van der Waals surface area contributed by atoms with Crippen molar-refractivity contribution in [2.24, 2.45) is 0 Å². The average molecular weight is 471 g/mol. The van der Waals surface area contributed by atoms with Crippen LogP contribution in [-0.2, 0) is 0 Å². The number of hydrogen-bond donors (Lipinski definition) is 0. The van der Waals surface area contributed by atoms with Crippen LogP contribution in [0.15, 0.2) is 138 Å². The lowest BCUT2D eigenvalue weighted by Crippen LogP contribution is -1.89. The van der Waals surface area contributed by atoms with Crippen LogP contribution in [0.25, 0.3) is 76.9 Å². The fourth-order valence-electron chi connectivity index (χ4n) is 5.86. The summed E-state index contributed by atoms with van der Waals surface area (Å²) < 4.78 is 6.09. The summed E-state index contributed by atoms with van der Waals surface area (Å²) in [5.41, 5.74) is 7.00. The molecule has 0 aliphatic heterocycles. The Morgan fingerprint density at radius 1 is 0.378 bits per heavy atom. The first-order chi connectivity index (χ1) is 18.3. The second kappa shape index (κ2) is 7.81. The number of rotatable bonds is 3. The van der Waals surface area contributed by atoms with E-state index in [0.29, 0.717) is 0 Å². The Bertz CT molecular complexity index is 2030. The number of furan rings is 1. The van der Waals surface area contributed by atoms with Gasteiger partial charge in [0.25, 0.3) is 0 Å². The molecule has 0 bridgehead atoms. The molecule has 8 aromatic rings. The Kier molecular flexibility index (Phi) is 4.29. The van der Waals surface area contributed by atoms with Gasteiger partial charge in [-0.3, -0.25) is 0 Å². The predicted octanol–water partition coefficient (Wildman–Crippen LogP) is 10.3. The molecule has 1 aromatic heterocycles. The van der Waals surface area contributed by atoms with Gasteiger partial charge in [-0.2, -0.15) is 0 Å². The van der Waals surface area contributed by atoms with Crippen molar-refractivity contribution in [1.82, 2.24) is 0 Å². The lowest BCUT2D eigenvalue weighted by molar-refractivity contribution is 0.631. The van der Waals surface area contributed by atoms with Gasteiger partial charge >= 0.3 is 0 Å². The largest absolute Gasteiger partial charge is 0.456 e. The molecule has 0 saturated heterocycles. The summed E-state index contributed by atoms with van der Waals surface area (Å²) in [6, 6.07) is 47.9. The van der Waals surface area contributed by atoms with E-state index in [1.54, 1.807) is 0 Å². The van der Waals surface area contributed by atoms with E-state index in [-0.39, 0.29) is 0 Å². The summed E-state index contributed by atoms with van der Waals surface area (Å²) in [5.74, 6) is 0.900. The van der Waals surface area contributed by atoms with Gasteiger partial charge in [-0.05, 0) is 66.7 Å². The highest BCUT2D eigenvalue weighted by atomic mass is 16.3. The molecule has 1 heteroatoms. The molecule has 1 heterocycles. The maximum absolute atomic E-state index is 6.09. The van der Waals surface area contributed by atoms with Crippen LogP contribution in [-0.4, -0.2) is 0 Å². The normalized spacial score (nSPS) is 11.8. The van der Waals surface area contributed by atoms with Crippen molar-refractivity contribution >= 4 is 43.3 Å². The van der Waals surface area contributed by atoms with Crippen LogP contribution in [0.2, 0.25) is 0 Å². The van der Waals surface area contributed by atoms with Crippen molar-refractivity contribution in [3.05, 3.63) is 133 Å². The zero-order chi connectivity index (χ0) is 24.3. The molecule has 1 nitrogen and oxygen atoms in total. The lowest BCUT2D eigenvalue weighted by atomic mass is 9.87. The molecular weight excluding hydrogens is 448 g/mol. The van der Waals surface area contributed by atoms with E-state index in [2.05, 4.69) is 115 Å². The molecule has 0 spiro atoms. The van der Waals surface area contributed by atoms with Gasteiger partial charge in [0.15, 0.2) is 0 Å². The minimum atomic E-state index is 0.900. The van der Waals surface area contributed by atoms with Crippen LogP contribution in [0.3, 0.4) is 0 Å². The third kappa shape index (κ3) is 3.11. The van der Waals surface area contributed by atoms with E-state index in [4.69, 9.17) is 4.42 Å². The van der Waals surface area contributed by atoms with Gasteiger partial charge in [-0.25, -0.2) is 0 Å². The first kappa shape index (κ1) is 20.3. The summed E-state index contributed by atoms with van der Waals surface area (Å²) in [6.07, 6.45) is 0. The summed E-state index contributed by atoms with van der Waals surface area (Å²) >= 11 is 0. The molecule has 0 radical (unpaired) electrons. The fraction of sp³-hybridized carbons (Fsp3) is 0. The average Bonchev–Trinajstić information content (AvgIpc) is 3.41. The van der Waals surface area contributed by atoms with E-state index in [1.807, 2.05) is 18.2 Å². The Hall–Kier alpha value is -4.88. The summed E-state index contributed by atoms with van der Waals surface area (Å²) in [7, 11) is 0. The van der Waals surface area contributed by atoms with Crippen LogP contribution in [0.1, 0.15) is 0 Å². The third-order valence-corrected chi connectivity index (χ3v) is 7.66. The van der Waals surface area contributed by atoms with Gasteiger partial charge in [-0.1, -0.05) is 121 Å². The van der Waals surface area contributed by atoms with Gasteiger partial charge in [-0.15, -0.1) is 0 Å². The molecule has 0 aliphatic rings. The summed E-state index contributed by atoms with van der Waals surface area (Å²) in [6.45, 7) is 0. The molecule has 37 heavy (non-hydrogen) atoms. The van der Waals surface area contributed by atoms with Crippen LogP contribution >= 0.6 is 0 Å². The highest BCUT2D eigenvalue weighted by Crippen LogP contribution is 2.42. The van der Waals surface area contributed by atoms with Crippen LogP contribution in [0, 0.1) is 0 Å². The SMILES string of the molecule is c1ccc(-c2ccc3ccc4c(-c5ccc(-c6cc7ccccc7o6)cc5)ccc5ccc2c3c54)cc1. The van der Waals surface area contributed by atoms with Crippen molar-refractivity contribution in [1.29, 1.82) is 0 Å². The monoisotopic (exact) mass is 470 g/mol. The molecule has 7 aromatic carbocycles. The topological polar surface area (TPSA) is 13.1 Å². The first-order valence-electron chi connectivity index (χ1n) is 12.7. The molecule has 0 aliphatic carbocycles. The zero-order valence-electron chi connectivity index (χ0n) is 20.1. The Morgan fingerprint density at radius 2 is 0.919 bits per heavy atom. The third-order valence-electron chi connectivity index (χ3n) is 7.66. The highest BCUT2D eigenvalue weighted by molar-refractivity contribution is 6.27. The molecular formula is C36H22O. The highest BCUT2D eigenvalue weighted by Gasteiger charge is 2.15. The molecule has 0 amide bonds. The van der Waals surface area contributed by atoms with Crippen molar-refractivity contribution in [3.63, 3.8) is 0 Å². The summed E-state index contributed by atoms with van der Waals surface area (Å²) in [4.78, 5) is 0. The predicted molar refractivity (Wildman–Crippen MR) is 156 cm³/mol. The van der Waals surface area contributed by atoms with Crippen molar-refractivity contribution < 1.29 is 4.42 Å². The van der Waals surface area contributed by atoms with Gasteiger partial charge in [0.05, 0.1) is 0 Å². The van der Waals surface area contributed by atoms with E-state index in [0.717, 1.165) is 22.3 Å². The summed E-state index contributed by atoms with van der Waals surface area (Å²) in [5, 5.41) is 8.97. The standard InChI is InChI=1S/C36H22O/c1-2-6-23(7-3-1)29-18-14-26-17-21-32-30(19-15-27-16-20-31(29)35(26)36(27)32)24-10-12-25(13-11-24)34-22-28-8-4-5-9-33(28)37-34/h1-22H. The Labute approximate surface area is 214 Å². The maximum atomic E-state index is 6.09. The smallest absolute Gasteiger partial charge is 0.135 e. The quantitative estimate of drug-likeness (QED) is 0.234. The minimum Gasteiger partial charge on any atom is -0.456 e. The van der Waals surface area contributed by atoms with E-state index >= 15 is 0 Å². The number of benzene rings is 7. The van der Waals surface area contributed by atoms with Crippen molar-refractivity contribution in [3.8, 4) is 33.6 Å². The maximum Gasteiger partial charge on any atom is 0.135 e. The van der Waals surface area contributed by atoms with Gasteiger partial charge in [0.2, 0.25) is 0 Å².